The number of nitrogens with zero attached hydrogens (tertiary/aromatic N) is 2. The number of fused-ring (bicyclic) bond motifs is 1. The molecule has 1 aromatic carbocycles. The van der Waals surface area contributed by atoms with Crippen LogP contribution in [0.4, 0.5) is 0 Å². The first-order valence-electron chi connectivity index (χ1n) is 5.40. The number of amides is 2. The smallest absolute Gasteiger partial charge is 0.259 e. The van der Waals surface area contributed by atoms with Crippen LogP contribution in [-0.2, 0) is 16.1 Å². The Kier molecular flexibility index (Phi) is 3.30. The number of halogens is 1. The highest BCUT2D eigenvalue weighted by Crippen LogP contribution is 2.28. The van der Waals surface area contributed by atoms with E-state index in [1.165, 1.54) is 17.3 Å². The van der Waals surface area contributed by atoms with E-state index in [-0.39, 0.29) is 24.2 Å². The van der Waals surface area contributed by atoms with Crippen molar-refractivity contribution in [1.29, 1.82) is 0 Å². The van der Waals surface area contributed by atoms with Crippen molar-refractivity contribution >= 4 is 30.4 Å². The van der Waals surface area contributed by atoms with Gasteiger partial charge in [0.25, 0.3) is 5.91 Å². The maximum atomic E-state index is 12.0. The molecule has 0 N–H and O–H groups in total. The van der Waals surface area contributed by atoms with E-state index in [9.17, 15) is 9.59 Å². The van der Waals surface area contributed by atoms with Gasteiger partial charge < -0.3 is 0 Å². The third-order valence-corrected chi connectivity index (χ3v) is 2.99. The second kappa shape index (κ2) is 4.74. The van der Waals surface area contributed by atoms with E-state index in [1.807, 2.05) is 30.3 Å². The van der Waals surface area contributed by atoms with Gasteiger partial charge in [0.05, 0.1) is 12.1 Å². The average molecular weight is 263 g/mol. The first-order valence-corrected chi connectivity index (χ1v) is 5.40. The van der Waals surface area contributed by atoms with Crippen LogP contribution in [0.25, 0.3) is 0 Å². The SMILES string of the molecule is Cl.O=C1C2=CN=C[C@@H]2C(=O)N1Cc1ccccc1. The molecule has 2 amide bonds. The van der Waals surface area contributed by atoms with Crippen molar-refractivity contribution in [3.63, 3.8) is 0 Å². The molecule has 0 aliphatic carbocycles. The molecule has 0 spiro atoms. The van der Waals surface area contributed by atoms with Gasteiger partial charge in [-0.15, -0.1) is 12.4 Å². The van der Waals surface area contributed by atoms with Crippen LogP contribution in [0.1, 0.15) is 5.56 Å². The van der Waals surface area contributed by atoms with Gasteiger partial charge in [0.2, 0.25) is 5.91 Å². The Bertz CT molecular complexity index is 551. The molecule has 1 aromatic rings. The van der Waals surface area contributed by atoms with E-state index in [1.54, 1.807) is 0 Å². The van der Waals surface area contributed by atoms with Gasteiger partial charge in [-0.05, 0) is 5.56 Å². The molecule has 1 fully saturated rings. The Balaban J connectivity index is 0.00000120. The van der Waals surface area contributed by atoms with E-state index in [4.69, 9.17) is 0 Å². The maximum Gasteiger partial charge on any atom is 0.259 e. The molecule has 0 aromatic heterocycles. The van der Waals surface area contributed by atoms with Crippen molar-refractivity contribution in [2.45, 2.75) is 6.54 Å². The minimum atomic E-state index is -0.453. The molecule has 3 rings (SSSR count). The highest BCUT2D eigenvalue weighted by Gasteiger charge is 2.43. The van der Waals surface area contributed by atoms with Crippen LogP contribution >= 0.6 is 12.4 Å². The number of benzene rings is 1. The van der Waals surface area contributed by atoms with Gasteiger partial charge in [-0.3, -0.25) is 19.5 Å². The minimum Gasteiger partial charge on any atom is -0.273 e. The molecule has 1 atom stereocenters. The molecule has 2 aliphatic rings. The number of hydrogen-bond acceptors (Lipinski definition) is 3. The summed E-state index contributed by atoms with van der Waals surface area (Å²) >= 11 is 0. The monoisotopic (exact) mass is 262 g/mol. The molecule has 4 nitrogen and oxygen atoms in total. The van der Waals surface area contributed by atoms with Gasteiger partial charge in [0.15, 0.2) is 0 Å². The van der Waals surface area contributed by atoms with E-state index in [2.05, 4.69) is 4.99 Å². The largest absolute Gasteiger partial charge is 0.273 e. The molecule has 5 heteroatoms. The van der Waals surface area contributed by atoms with Crippen LogP contribution in [-0.4, -0.2) is 22.9 Å². The van der Waals surface area contributed by atoms with Crippen LogP contribution < -0.4 is 0 Å². The predicted molar refractivity (Wildman–Crippen MR) is 69.3 cm³/mol. The highest BCUT2D eigenvalue weighted by atomic mass is 35.5. The van der Waals surface area contributed by atoms with Gasteiger partial charge in [0.1, 0.15) is 5.92 Å². The fraction of sp³-hybridized carbons (Fsp3) is 0.154. The van der Waals surface area contributed by atoms with Crippen molar-refractivity contribution in [3.8, 4) is 0 Å². The zero-order valence-electron chi connectivity index (χ0n) is 9.45. The summed E-state index contributed by atoms with van der Waals surface area (Å²) in [4.78, 5) is 29.1. The fourth-order valence-electron chi connectivity index (χ4n) is 2.09. The Morgan fingerprint density at radius 1 is 1.17 bits per heavy atom. The van der Waals surface area contributed by atoms with Gasteiger partial charge in [0, 0.05) is 12.4 Å². The zero-order chi connectivity index (χ0) is 11.8. The molecule has 0 bridgehead atoms. The van der Waals surface area contributed by atoms with Gasteiger partial charge in [-0.1, -0.05) is 30.3 Å². The first kappa shape index (κ1) is 12.5. The van der Waals surface area contributed by atoms with Crippen molar-refractivity contribution in [2.24, 2.45) is 10.9 Å². The summed E-state index contributed by atoms with van der Waals surface area (Å²) in [6.07, 6.45) is 3.01. The summed E-state index contributed by atoms with van der Waals surface area (Å²) in [6, 6.07) is 9.49. The molecule has 0 radical (unpaired) electrons. The summed E-state index contributed by atoms with van der Waals surface area (Å²) in [5.41, 5.74) is 1.44. The molecular formula is C13H11ClN2O2. The molecular weight excluding hydrogens is 252 g/mol. The number of rotatable bonds is 2. The second-order valence-electron chi connectivity index (χ2n) is 4.08. The summed E-state index contributed by atoms with van der Waals surface area (Å²) in [5, 5.41) is 0. The highest BCUT2D eigenvalue weighted by molar-refractivity contribution is 6.21. The molecule has 2 heterocycles. The summed E-state index contributed by atoms with van der Waals surface area (Å²) < 4.78 is 0. The lowest BCUT2D eigenvalue weighted by atomic mass is 10.1. The first-order chi connectivity index (χ1) is 8.27. The Morgan fingerprint density at radius 2 is 1.89 bits per heavy atom. The number of carbonyl (C=O) groups is 2. The number of likely N-dealkylation sites (tertiary alicyclic amines) is 1. The van der Waals surface area contributed by atoms with Crippen LogP contribution in [0.2, 0.25) is 0 Å². The van der Waals surface area contributed by atoms with Crippen LogP contribution in [0, 0.1) is 5.92 Å². The Hall–Kier alpha value is -1.94. The summed E-state index contributed by atoms with van der Waals surface area (Å²) in [6.45, 7) is 0.334. The third kappa shape index (κ3) is 1.84. The van der Waals surface area contributed by atoms with Crippen molar-refractivity contribution in [2.75, 3.05) is 0 Å². The van der Waals surface area contributed by atoms with Crippen LogP contribution in [0.3, 0.4) is 0 Å². The predicted octanol–water partition coefficient (Wildman–Crippen LogP) is 1.56. The van der Waals surface area contributed by atoms with E-state index in [0.717, 1.165) is 5.56 Å². The quantitative estimate of drug-likeness (QED) is 0.760. The zero-order valence-corrected chi connectivity index (χ0v) is 10.3. The molecule has 92 valence electrons. The maximum absolute atomic E-state index is 12.0. The lowest BCUT2D eigenvalue weighted by Gasteiger charge is -2.13. The standard InChI is InChI=1S/C13H10N2O2.ClH/c16-12-10-6-14-7-11(10)13(17)15(12)8-9-4-2-1-3-5-9;/h1-7,10H,8H2;1H/t10-;/m0./s1. The molecule has 1 saturated heterocycles. The average Bonchev–Trinajstić information content (AvgIpc) is 2.91. The number of hydrogen-bond donors (Lipinski definition) is 0. The third-order valence-electron chi connectivity index (χ3n) is 2.99. The van der Waals surface area contributed by atoms with Crippen molar-refractivity contribution < 1.29 is 9.59 Å². The van der Waals surface area contributed by atoms with Crippen LogP contribution in [0.5, 0.6) is 0 Å². The lowest BCUT2D eigenvalue weighted by molar-refractivity contribution is -0.138. The normalized spacial score (nSPS) is 20.8. The Labute approximate surface area is 110 Å². The van der Waals surface area contributed by atoms with E-state index in [0.29, 0.717) is 12.1 Å². The summed E-state index contributed by atoms with van der Waals surface area (Å²) in [7, 11) is 0. The van der Waals surface area contributed by atoms with Crippen molar-refractivity contribution in [3.05, 3.63) is 47.7 Å². The van der Waals surface area contributed by atoms with Gasteiger partial charge in [-0.25, -0.2) is 0 Å². The number of aliphatic imine (C=N–C) groups is 1. The number of carbonyl (C=O) groups excluding carboxylic acids is 2. The van der Waals surface area contributed by atoms with Gasteiger partial charge >= 0.3 is 0 Å². The summed E-state index contributed by atoms with van der Waals surface area (Å²) in [5.74, 6) is -0.848. The Morgan fingerprint density at radius 3 is 2.56 bits per heavy atom. The topological polar surface area (TPSA) is 49.7 Å². The molecule has 2 aliphatic heterocycles. The van der Waals surface area contributed by atoms with Crippen LogP contribution in [0.15, 0.2) is 47.1 Å². The van der Waals surface area contributed by atoms with E-state index >= 15 is 0 Å². The molecule has 0 saturated carbocycles. The lowest BCUT2D eigenvalue weighted by Crippen LogP contribution is -2.30. The molecule has 0 unspecified atom stereocenters. The van der Waals surface area contributed by atoms with Gasteiger partial charge in [-0.2, -0.15) is 0 Å². The minimum absolute atomic E-state index is 0. The second-order valence-corrected chi connectivity index (χ2v) is 4.08. The number of imide groups is 1. The van der Waals surface area contributed by atoms with Crippen molar-refractivity contribution in [1.82, 2.24) is 4.90 Å². The van der Waals surface area contributed by atoms with E-state index < -0.39 is 5.92 Å². The fourth-order valence-corrected chi connectivity index (χ4v) is 2.09. The molecule has 18 heavy (non-hydrogen) atoms.